The summed E-state index contributed by atoms with van der Waals surface area (Å²) in [5.41, 5.74) is 4.10. The van der Waals surface area contributed by atoms with Crippen molar-refractivity contribution in [2.24, 2.45) is 0 Å². The number of hydrogen-bond donors (Lipinski definition) is 1. The highest BCUT2D eigenvalue weighted by Gasteiger charge is 2.44. The van der Waals surface area contributed by atoms with E-state index in [1.807, 2.05) is 18.7 Å². The lowest BCUT2D eigenvalue weighted by Gasteiger charge is -2.43. The van der Waals surface area contributed by atoms with Gasteiger partial charge in [0.25, 0.3) is 5.91 Å². The van der Waals surface area contributed by atoms with Crippen LogP contribution in [0.15, 0.2) is 28.7 Å². The number of H-pyrrole nitrogens is 1. The summed E-state index contributed by atoms with van der Waals surface area (Å²) >= 11 is 0. The zero-order chi connectivity index (χ0) is 19.3. The fourth-order valence-corrected chi connectivity index (χ4v) is 4.68. The number of carbonyl (C=O) groups is 1. The van der Waals surface area contributed by atoms with Crippen molar-refractivity contribution in [1.82, 2.24) is 14.9 Å². The Bertz CT molecular complexity index is 1040. The molecule has 146 valence electrons. The molecule has 1 spiro atoms. The van der Waals surface area contributed by atoms with E-state index in [9.17, 15) is 4.79 Å². The fourth-order valence-electron chi connectivity index (χ4n) is 4.68. The zero-order valence-electron chi connectivity index (χ0n) is 16.4. The molecule has 0 radical (unpaired) electrons. The van der Waals surface area contributed by atoms with E-state index in [0.29, 0.717) is 36.9 Å². The number of aromatic amines is 1. The Morgan fingerprint density at radius 3 is 2.82 bits per heavy atom. The number of carbonyl (C=O) groups excluding carboxylic acids is 1. The average molecular weight is 379 g/mol. The number of para-hydroxylation sites is 1. The Labute approximate surface area is 163 Å². The second-order valence-electron chi connectivity index (χ2n) is 7.78. The molecule has 1 fully saturated rings. The predicted molar refractivity (Wildman–Crippen MR) is 105 cm³/mol. The maximum atomic E-state index is 13.0. The quantitative estimate of drug-likeness (QED) is 0.736. The van der Waals surface area contributed by atoms with Gasteiger partial charge in [-0.25, -0.2) is 4.98 Å². The van der Waals surface area contributed by atoms with Crippen molar-refractivity contribution in [3.63, 3.8) is 0 Å². The summed E-state index contributed by atoms with van der Waals surface area (Å²) in [7, 11) is 0. The van der Waals surface area contributed by atoms with Crippen molar-refractivity contribution >= 4 is 16.8 Å². The van der Waals surface area contributed by atoms with Crippen molar-refractivity contribution in [3.05, 3.63) is 52.9 Å². The van der Waals surface area contributed by atoms with E-state index >= 15 is 0 Å². The van der Waals surface area contributed by atoms with Crippen LogP contribution in [0, 0.1) is 6.92 Å². The Morgan fingerprint density at radius 2 is 2.07 bits per heavy atom. The first kappa shape index (κ1) is 17.5. The zero-order valence-corrected chi connectivity index (χ0v) is 16.4. The van der Waals surface area contributed by atoms with Crippen LogP contribution in [0.5, 0.6) is 0 Å². The summed E-state index contributed by atoms with van der Waals surface area (Å²) in [5, 5.41) is 1.29. The molecule has 1 saturated heterocycles. The summed E-state index contributed by atoms with van der Waals surface area (Å²) in [6, 6.07) is 8.45. The summed E-state index contributed by atoms with van der Waals surface area (Å²) in [6.45, 7) is 5.83. The van der Waals surface area contributed by atoms with Crippen LogP contribution in [0.2, 0.25) is 0 Å². The lowest BCUT2D eigenvalue weighted by molar-refractivity contribution is -0.0959. The summed E-state index contributed by atoms with van der Waals surface area (Å²) < 4.78 is 12.0. The number of nitrogens with zero attached hydrogens (tertiary/aromatic N) is 2. The van der Waals surface area contributed by atoms with Crippen LogP contribution in [-0.4, -0.2) is 40.5 Å². The minimum absolute atomic E-state index is 0.0628. The topological polar surface area (TPSA) is 71.4 Å². The monoisotopic (exact) mass is 379 g/mol. The highest BCUT2D eigenvalue weighted by Crippen LogP contribution is 2.43. The third-order valence-electron chi connectivity index (χ3n) is 6.20. The Morgan fingerprint density at radius 1 is 1.29 bits per heavy atom. The van der Waals surface area contributed by atoms with Gasteiger partial charge in [0.15, 0.2) is 5.89 Å². The van der Waals surface area contributed by atoms with Gasteiger partial charge < -0.3 is 19.0 Å². The second-order valence-corrected chi connectivity index (χ2v) is 7.78. The number of piperidine rings is 1. The fraction of sp³-hybridized carbons (Fsp3) is 0.455. The van der Waals surface area contributed by atoms with Crippen LogP contribution in [0.25, 0.3) is 10.9 Å². The number of aryl methyl sites for hydroxylation is 2. The highest BCUT2D eigenvalue weighted by molar-refractivity contribution is 5.92. The Hall–Kier alpha value is -2.60. The molecule has 0 aliphatic carbocycles. The molecule has 0 unspecified atom stereocenters. The number of rotatable bonds is 2. The number of oxazole rings is 1. The van der Waals surface area contributed by atoms with Gasteiger partial charge in [0.05, 0.1) is 18.0 Å². The molecule has 3 aromatic rings. The second kappa shape index (κ2) is 6.48. The smallest absolute Gasteiger partial charge is 0.291 e. The molecule has 1 N–H and O–H groups in total. The maximum absolute atomic E-state index is 13.0. The third-order valence-corrected chi connectivity index (χ3v) is 6.20. The molecular formula is C22H25N3O3. The van der Waals surface area contributed by atoms with Crippen molar-refractivity contribution in [3.8, 4) is 0 Å². The first-order chi connectivity index (χ1) is 13.6. The van der Waals surface area contributed by atoms with Crippen molar-refractivity contribution < 1.29 is 13.9 Å². The van der Waals surface area contributed by atoms with Crippen LogP contribution in [0.1, 0.15) is 53.2 Å². The summed E-state index contributed by atoms with van der Waals surface area (Å²) in [4.78, 5) is 22.8. The minimum Gasteiger partial charge on any atom is -0.435 e. The normalized spacial score (nSPS) is 18.6. The van der Waals surface area contributed by atoms with E-state index in [4.69, 9.17) is 9.15 Å². The lowest BCUT2D eigenvalue weighted by Crippen LogP contribution is -2.48. The molecule has 2 aliphatic rings. The molecule has 0 saturated carbocycles. The van der Waals surface area contributed by atoms with Crippen LogP contribution >= 0.6 is 0 Å². The molecule has 1 amide bonds. The van der Waals surface area contributed by atoms with Crippen LogP contribution in [0.3, 0.4) is 0 Å². The molecular weight excluding hydrogens is 354 g/mol. The maximum Gasteiger partial charge on any atom is 0.291 e. The number of benzene rings is 1. The van der Waals surface area contributed by atoms with E-state index < -0.39 is 0 Å². The minimum atomic E-state index is -0.325. The van der Waals surface area contributed by atoms with Gasteiger partial charge in [-0.2, -0.15) is 0 Å². The number of nitrogens with one attached hydrogen (secondary N) is 1. The Balaban J connectivity index is 1.40. The van der Waals surface area contributed by atoms with Crippen molar-refractivity contribution in [1.29, 1.82) is 0 Å². The first-order valence-electron chi connectivity index (χ1n) is 10.1. The molecule has 5 rings (SSSR count). The lowest BCUT2D eigenvalue weighted by atomic mass is 9.83. The number of amides is 1. The number of aromatic nitrogens is 2. The van der Waals surface area contributed by atoms with E-state index in [1.165, 1.54) is 22.2 Å². The molecule has 2 aromatic heterocycles. The number of likely N-dealkylation sites (tertiary alicyclic amines) is 1. The van der Waals surface area contributed by atoms with E-state index in [1.54, 1.807) is 0 Å². The molecule has 6 nitrogen and oxygen atoms in total. The van der Waals surface area contributed by atoms with Crippen LogP contribution in [0.4, 0.5) is 0 Å². The Kier molecular flexibility index (Phi) is 4.05. The van der Waals surface area contributed by atoms with Gasteiger partial charge in [-0.15, -0.1) is 0 Å². The van der Waals surface area contributed by atoms with Crippen molar-refractivity contribution in [2.45, 2.75) is 45.1 Å². The van der Waals surface area contributed by atoms with Gasteiger partial charge in [-0.3, -0.25) is 4.79 Å². The third kappa shape index (κ3) is 2.58. The molecule has 1 aromatic carbocycles. The number of fused-ring (bicyclic) bond motifs is 4. The van der Waals surface area contributed by atoms with Gasteiger partial charge in [0.1, 0.15) is 5.60 Å². The van der Waals surface area contributed by atoms with E-state index in [2.05, 4.69) is 34.2 Å². The standard InChI is InChI=1S/C22H25N3O3/c1-3-18-23-14(2)19(28-18)21(26)25-11-9-22(10-12-25)20-16(8-13-27-22)15-6-4-5-7-17(15)24-20/h4-7,24H,3,8-13H2,1-2H3. The first-order valence-corrected chi connectivity index (χ1v) is 10.1. The van der Waals surface area contributed by atoms with E-state index in [0.717, 1.165) is 25.9 Å². The molecule has 2 aliphatic heterocycles. The average Bonchev–Trinajstić information content (AvgIpc) is 3.30. The largest absolute Gasteiger partial charge is 0.435 e. The van der Waals surface area contributed by atoms with Gasteiger partial charge in [-0.1, -0.05) is 25.1 Å². The van der Waals surface area contributed by atoms with Crippen LogP contribution in [-0.2, 0) is 23.2 Å². The van der Waals surface area contributed by atoms with E-state index in [-0.39, 0.29) is 11.5 Å². The molecule has 0 atom stereocenters. The molecule has 4 heterocycles. The van der Waals surface area contributed by atoms with Gasteiger partial charge >= 0.3 is 0 Å². The van der Waals surface area contributed by atoms with Crippen molar-refractivity contribution in [2.75, 3.05) is 19.7 Å². The molecule has 0 bridgehead atoms. The highest BCUT2D eigenvalue weighted by atomic mass is 16.5. The van der Waals surface area contributed by atoms with Gasteiger partial charge in [0, 0.05) is 30.4 Å². The van der Waals surface area contributed by atoms with Crippen LogP contribution < -0.4 is 0 Å². The van der Waals surface area contributed by atoms with Gasteiger partial charge in [0.2, 0.25) is 5.76 Å². The molecule has 6 heteroatoms. The summed E-state index contributed by atoms with van der Waals surface area (Å²) in [5.74, 6) is 0.934. The summed E-state index contributed by atoms with van der Waals surface area (Å²) in [6.07, 6.45) is 3.19. The molecule has 28 heavy (non-hydrogen) atoms. The SMILES string of the molecule is CCc1nc(C)c(C(=O)N2CCC3(CC2)OCCc2c3[nH]c3ccccc23)o1. The predicted octanol–water partition coefficient (Wildman–Crippen LogP) is 3.73. The number of hydrogen-bond acceptors (Lipinski definition) is 4. The van der Waals surface area contributed by atoms with Gasteiger partial charge in [-0.05, 0) is 37.8 Å². The number of ether oxygens (including phenoxy) is 1.